The highest BCUT2D eigenvalue weighted by molar-refractivity contribution is 7.86. The highest BCUT2D eigenvalue weighted by atomic mass is 32.2. The van der Waals surface area contributed by atoms with Crippen LogP contribution in [0.4, 0.5) is 4.39 Å². The number of benzene rings is 1. The monoisotopic (exact) mass is 376 g/mol. The minimum Gasteiger partial charge on any atom is -0.307 e. The van der Waals surface area contributed by atoms with Gasteiger partial charge in [0.05, 0.1) is 6.04 Å². The second kappa shape index (κ2) is 6.60. The lowest BCUT2D eigenvalue weighted by atomic mass is 9.99. The third-order valence-corrected chi connectivity index (χ3v) is 5.46. The smallest absolute Gasteiger partial charge is 0.277 e. The van der Waals surface area contributed by atoms with Crippen LogP contribution >= 0.6 is 0 Å². The molecule has 0 fully saturated rings. The van der Waals surface area contributed by atoms with Gasteiger partial charge in [-0.15, -0.1) is 0 Å². The lowest BCUT2D eigenvalue weighted by molar-refractivity contribution is 0.388. The highest BCUT2D eigenvalue weighted by Gasteiger charge is 2.23. The third kappa shape index (κ3) is 3.36. The average Bonchev–Trinajstić information content (AvgIpc) is 2.58. The van der Waals surface area contributed by atoms with E-state index in [0.29, 0.717) is 22.2 Å². The first kappa shape index (κ1) is 18.2. The van der Waals surface area contributed by atoms with Crippen LogP contribution < -0.4 is 10.7 Å². The van der Waals surface area contributed by atoms with E-state index in [1.54, 1.807) is 25.1 Å². The molecule has 3 rings (SSSR count). The van der Waals surface area contributed by atoms with E-state index in [-0.39, 0.29) is 11.1 Å². The molecule has 0 amide bonds. The van der Waals surface area contributed by atoms with Crippen molar-refractivity contribution in [3.05, 3.63) is 64.3 Å². The number of nitrogens with zero attached hydrogens (tertiary/aromatic N) is 2. The van der Waals surface area contributed by atoms with Gasteiger partial charge in [0, 0.05) is 30.3 Å². The van der Waals surface area contributed by atoms with Gasteiger partial charge < -0.3 is 4.98 Å². The van der Waals surface area contributed by atoms with Gasteiger partial charge in [0.15, 0.2) is 0 Å². The van der Waals surface area contributed by atoms with E-state index in [9.17, 15) is 17.6 Å². The van der Waals surface area contributed by atoms with Gasteiger partial charge in [-0.3, -0.25) is 4.79 Å². The Bertz CT molecular complexity index is 1140. The lowest BCUT2D eigenvalue weighted by Crippen LogP contribution is -2.35. The van der Waals surface area contributed by atoms with Crippen LogP contribution in [0.5, 0.6) is 0 Å². The Morgan fingerprint density at radius 2 is 1.96 bits per heavy atom. The summed E-state index contributed by atoms with van der Waals surface area (Å²) in [6.07, 6.45) is 1.52. The van der Waals surface area contributed by atoms with E-state index >= 15 is 0 Å². The van der Waals surface area contributed by atoms with Crippen LogP contribution in [-0.4, -0.2) is 29.7 Å². The SMILES string of the molecule is C[C@H](c1ccc(-c2ccnc3[nH]c(=O)ccc23)cc1F)N(C)S(N)(=O)=O. The minimum atomic E-state index is -3.94. The van der Waals surface area contributed by atoms with Crippen molar-refractivity contribution in [2.45, 2.75) is 13.0 Å². The molecule has 0 saturated carbocycles. The van der Waals surface area contributed by atoms with Crippen molar-refractivity contribution >= 4 is 21.2 Å². The summed E-state index contributed by atoms with van der Waals surface area (Å²) in [5.74, 6) is -0.556. The Hall–Kier alpha value is -2.62. The average molecular weight is 376 g/mol. The van der Waals surface area contributed by atoms with Gasteiger partial charge >= 0.3 is 0 Å². The molecule has 0 unspecified atom stereocenters. The Kier molecular flexibility index (Phi) is 4.61. The summed E-state index contributed by atoms with van der Waals surface area (Å²) in [6.45, 7) is 1.55. The third-order valence-electron chi connectivity index (χ3n) is 4.34. The molecule has 2 heterocycles. The molecular formula is C17H17FN4O3S. The van der Waals surface area contributed by atoms with Gasteiger partial charge in [0.25, 0.3) is 10.2 Å². The molecule has 7 nitrogen and oxygen atoms in total. The van der Waals surface area contributed by atoms with Crippen molar-refractivity contribution in [2.24, 2.45) is 5.14 Å². The van der Waals surface area contributed by atoms with Crippen molar-refractivity contribution in [1.29, 1.82) is 0 Å². The molecule has 0 saturated heterocycles. The zero-order chi connectivity index (χ0) is 19.1. The Balaban J connectivity index is 2.07. The van der Waals surface area contributed by atoms with Crippen LogP contribution in [0.25, 0.3) is 22.2 Å². The number of rotatable bonds is 4. The fraction of sp³-hybridized carbons (Fsp3) is 0.176. The van der Waals surface area contributed by atoms with Crippen LogP contribution in [0.15, 0.2) is 47.4 Å². The molecule has 0 aliphatic heterocycles. The molecule has 2 aromatic heterocycles. The van der Waals surface area contributed by atoms with Crippen molar-refractivity contribution < 1.29 is 12.8 Å². The summed E-state index contributed by atoms with van der Waals surface area (Å²) in [4.78, 5) is 18.2. The van der Waals surface area contributed by atoms with E-state index in [2.05, 4.69) is 9.97 Å². The van der Waals surface area contributed by atoms with Crippen molar-refractivity contribution in [3.63, 3.8) is 0 Å². The lowest BCUT2D eigenvalue weighted by Gasteiger charge is -2.23. The topological polar surface area (TPSA) is 109 Å². The Labute approximate surface area is 149 Å². The number of pyridine rings is 2. The van der Waals surface area contributed by atoms with E-state index in [0.717, 1.165) is 4.31 Å². The molecule has 3 N–H and O–H groups in total. The van der Waals surface area contributed by atoms with Gasteiger partial charge in [0.2, 0.25) is 5.56 Å². The Morgan fingerprint density at radius 1 is 1.23 bits per heavy atom. The summed E-state index contributed by atoms with van der Waals surface area (Å²) in [6, 6.07) is 8.49. The molecule has 1 atom stereocenters. The number of nitrogens with two attached hydrogens (primary N) is 1. The molecular weight excluding hydrogens is 359 g/mol. The van der Waals surface area contributed by atoms with Crippen LogP contribution in [0.3, 0.4) is 0 Å². The van der Waals surface area contributed by atoms with Crippen molar-refractivity contribution in [2.75, 3.05) is 7.05 Å². The summed E-state index contributed by atoms with van der Waals surface area (Å²) in [5.41, 5.74) is 1.61. The predicted octanol–water partition coefficient (Wildman–Crippen LogP) is 1.93. The number of aromatic nitrogens is 2. The number of hydrogen-bond donors (Lipinski definition) is 2. The van der Waals surface area contributed by atoms with Crippen LogP contribution in [0.2, 0.25) is 0 Å². The first-order chi connectivity index (χ1) is 12.2. The molecule has 26 heavy (non-hydrogen) atoms. The summed E-state index contributed by atoms with van der Waals surface area (Å²) in [5, 5.41) is 5.78. The largest absolute Gasteiger partial charge is 0.307 e. The van der Waals surface area contributed by atoms with Crippen LogP contribution in [-0.2, 0) is 10.2 Å². The number of H-pyrrole nitrogens is 1. The zero-order valence-electron chi connectivity index (χ0n) is 14.1. The standard InChI is InChI=1S/C17H17FN4O3S/c1-10(22(2)26(19,24)25)12-4-3-11(9-15(12)18)13-7-8-20-17-14(13)5-6-16(23)21-17/h3-10H,1-2H3,(H2,19,24,25)(H,20,21,23)/t10-/m1/s1. The van der Waals surface area contributed by atoms with E-state index in [1.807, 2.05) is 0 Å². The van der Waals surface area contributed by atoms with Crippen molar-refractivity contribution in [1.82, 2.24) is 14.3 Å². The highest BCUT2D eigenvalue weighted by Crippen LogP contribution is 2.30. The van der Waals surface area contributed by atoms with Crippen LogP contribution in [0.1, 0.15) is 18.5 Å². The molecule has 0 radical (unpaired) electrons. The van der Waals surface area contributed by atoms with E-state index < -0.39 is 22.1 Å². The number of nitrogens with one attached hydrogen (secondary N) is 1. The maximum absolute atomic E-state index is 14.7. The summed E-state index contributed by atoms with van der Waals surface area (Å²) in [7, 11) is -2.65. The molecule has 0 spiro atoms. The van der Waals surface area contributed by atoms with E-state index in [4.69, 9.17) is 5.14 Å². The summed E-state index contributed by atoms with van der Waals surface area (Å²) >= 11 is 0. The number of aromatic amines is 1. The number of halogens is 1. The maximum atomic E-state index is 14.7. The fourth-order valence-corrected chi connectivity index (χ4v) is 3.31. The van der Waals surface area contributed by atoms with Crippen molar-refractivity contribution in [3.8, 4) is 11.1 Å². The molecule has 136 valence electrons. The molecule has 0 aliphatic carbocycles. The van der Waals surface area contributed by atoms with Crippen LogP contribution in [0, 0.1) is 5.82 Å². The summed E-state index contributed by atoms with van der Waals surface area (Å²) < 4.78 is 38.5. The molecule has 1 aromatic carbocycles. The quantitative estimate of drug-likeness (QED) is 0.725. The van der Waals surface area contributed by atoms with Gasteiger partial charge in [-0.05, 0) is 36.2 Å². The fourth-order valence-electron chi connectivity index (χ4n) is 2.76. The number of hydrogen-bond acceptors (Lipinski definition) is 4. The molecule has 3 aromatic rings. The Morgan fingerprint density at radius 3 is 2.62 bits per heavy atom. The molecule has 0 bridgehead atoms. The first-order valence-electron chi connectivity index (χ1n) is 7.72. The van der Waals surface area contributed by atoms with Gasteiger partial charge in [-0.1, -0.05) is 12.1 Å². The first-order valence-corrected chi connectivity index (χ1v) is 9.22. The number of fused-ring (bicyclic) bond motifs is 1. The van der Waals surface area contributed by atoms with E-state index in [1.165, 1.54) is 31.4 Å². The second-order valence-corrected chi connectivity index (χ2v) is 7.52. The normalized spacial score (nSPS) is 13.3. The minimum absolute atomic E-state index is 0.206. The predicted molar refractivity (Wildman–Crippen MR) is 97.0 cm³/mol. The molecule has 9 heteroatoms. The zero-order valence-corrected chi connectivity index (χ0v) is 14.9. The second-order valence-electron chi connectivity index (χ2n) is 5.92. The molecule has 0 aliphatic rings. The maximum Gasteiger partial charge on any atom is 0.277 e. The van der Waals surface area contributed by atoms with Gasteiger partial charge in [-0.25, -0.2) is 14.5 Å². The van der Waals surface area contributed by atoms with Gasteiger partial charge in [0.1, 0.15) is 11.5 Å². The van der Waals surface area contributed by atoms with Gasteiger partial charge in [-0.2, -0.15) is 12.7 Å².